The second kappa shape index (κ2) is 3.74. The summed E-state index contributed by atoms with van der Waals surface area (Å²) < 4.78 is 0. The van der Waals surface area contributed by atoms with Gasteiger partial charge in [0.1, 0.15) is 0 Å². The Bertz CT molecular complexity index is 332. The highest BCUT2D eigenvalue weighted by Gasteiger charge is 2.02. The molecule has 0 atom stereocenters. The third kappa shape index (κ3) is 1.87. The Balaban J connectivity index is 3.19. The van der Waals surface area contributed by atoms with Crippen molar-refractivity contribution in [2.75, 3.05) is 0 Å². The van der Waals surface area contributed by atoms with Gasteiger partial charge in [-0.05, 0) is 37.3 Å². The Morgan fingerprint density at radius 1 is 1.58 bits per heavy atom. The molecule has 0 aliphatic heterocycles. The summed E-state index contributed by atoms with van der Waals surface area (Å²) in [5.74, 6) is 0. The summed E-state index contributed by atoms with van der Waals surface area (Å²) in [6.45, 7) is 4.14. The summed E-state index contributed by atoms with van der Waals surface area (Å²) in [6, 6.07) is 1.92. The van der Waals surface area contributed by atoms with Gasteiger partial charge in [0.2, 0.25) is 0 Å². The van der Waals surface area contributed by atoms with Crippen molar-refractivity contribution < 1.29 is 0 Å². The summed E-state index contributed by atoms with van der Waals surface area (Å²) in [5.41, 5.74) is 2.46. The Labute approximate surface area is 75.9 Å². The molecule has 0 aromatic carbocycles. The van der Waals surface area contributed by atoms with E-state index in [0.717, 1.165) is 11.3 Å². The van der Waals surface area contributed by atoms with Crippen molar-refractivity contribution in [1.82, 2.24) is 9.82 Å². The van der Waals surface area contributed by atoms with E-state index in [1.807, 2.05) is 19.9 Å². The normalized spacial score (nSPS) is 10.2. The Hall–Kier alpha value is -0.800. The number of pyridine rings is 1. The van der Waals surface area contributed by atoms with Crippen molar-refractivity contribution in [2.24, 2.45) is 0 Å². The second-order valence-corrected chi connectivity index (χ2v) is 3.02. The lowest BCUT2D eigenvalue weighted by Crippen LogP contribution is -2.18. The first-order chi connectivity index (χ1) is 5.65. The van der Waals surface area contributed by atoms with Crippen LogP contribution >= 0.6 is 11.8 Å². The highest BCUT2D eigenvalue weighted by Crippen LogP contribution is 2.02. The fraction of sp³-hybridized carbons (Fsp3) is 0.375. The number of nitrogens with one attached hydrogen (secondary N) is 2. The first kappa shape index (κ1) is 9.29. The van der Waals surface area contributed by atoms with Crippen LogP contribution in [0.25, 0.3) is 0 Å². The molecule has 12 heavy (non-hydrogen) atoms. The molecular weight excluding hydrogens is 176 g/mol. The quantitative estimate of drug-likeness (QED) is 0.683. The van der Waals surface area contributed by atoms with Gasteiger partial charge >= 0.3 is 0 Å². The minimum Gasteiger partial charge on any atom is -0.326 e. The van der Waals surface area contributed by atoms with Gasteiger partial charge in [-0.3, -0.25) is 4.79 Å². The number of aromatic amines is 1. The number of aromatic nitrogens is 1. The molecule has 0 aliphatic rings. The fourth-order valence-electron chi connectivity index (χ4n) is 1.17. The zero-order valence-corrected chi connectivity index (χ0v) is 7.83. The van der Waals surface area contributed by atoms with E-state index in [2.05, 4.69) is 9.82 Å². The van der Waals surface area contributed by atoms with Crippen molar-refractivity contribution >= 4 is 11.8 Å². The molecule has 0 spiro atoms. The zero-order valence-electron chi connectivity index (χ0n) is 7.07. The minimum absolute atomic E-state index is 0.0688. The lowest BCUT2D eigenvalue weighted by molar-refractivity contribution is 0.910. The van der Waals surface area contributed by atoms with Crippen LogP contribution in [0.1, 0.15) is 16.8 Å². The SMILES string of the molecule is Cc1cc(C)c(CNCl)c(=O)[nH]1. The number of hydrogen-bond acceptors (Lipinski definition) is 2. The third-order valence-corrected chi connectivity index (χ3v) is 1.87. The molecule has 1 heterocycles. The Kier molecular flexibility index (Phi) is 2.89. The van der Waals surface area contributed by atoms with Crippen molar-refractivity contribution in [3.63, 3.8) is 0 Å². The Morgan fingerprint density at radius 3 is 2.75 bits per heavy atom. The molecule has 0 aliphatic carbocycles. The standard InChI is InChI=1S/C8H11ClN2O/c1-5-3-6(2)11-8(12)7(5)4-10-9/h3,10H,4H2,1-2H3,(H,11,12). The van der Waals surface area contributed by atoms with E-state index in [4.69, 9.17) is 11.8 Å². The molecule has 66 valence electrons. The Morgan fingerprint density at radius 2 is 2.25 bits per heavy atom. The highest BCUT2D eigenvalue weighted by molar-refractivity contribution is 6.13. The van der Waals surface area contributed by atoms with E-state index in [-0.39, 0.29) is 5.56 Å². The predicted molar refractivity (Wildman–Crippen MR) is 49.2 cm³/mol. The smallest absolute Gasteiger partial charge is 0.252 e. The molecular formula is C8H11ClN2O. The minimum atomic E-state index is -0.0688. The van der Waals surface area contributed by atoms with Gasteiger partial charge in [0.15, 0.2) is 0 Å². The van der Waals surface area contributed by atoms with Gasteiger partial charge in [-0.1, -0.05) is 0 Å². The van der Waals surface area contributed by atoms with E-state index < -0.39 is 0 Å². The number of H-pyrrole nitrogens is 1. The van der Waals surface area contributed by atoms with Gasteiger partial charge in [0.25, 0.3) is 5.56 Å². The zero-order chi connectivity index (χ0) is 9.14. The molecule has 0 amide bonds. The largest absolute Gasteiger partial charge is 0.326 e. The van der Waals surface area contributed by atoms with Crippen LogP contribution in [0.2, 0.25) is 0 Å². The summed E-state index contributed by atoms with van der Waals surface area (Å²) >= 11 is 5.32. The van der Waals surface area contributed by atoms with Gasteiger partial charge < -0.3 is 4.98 Å². The number of aryl methyl sites for hydroxylation is 2. The van der Waals surface area contributed by atoms with Crippen LogP contribution in [0.15, 0.2) is 10.9 Å². The summed E-state index contributed by atoms with van der Waals surface area (Å²) in [6.07, 6.45) is 0. The van der Waals surface area contributed by atoms with Crippen LogP contribution in [0.3, 0.4) is 0 Å². The summed E-state index contributed by atoms with van der Waals surface area (Å²) in [7, 11) is 0. The van der Waals surface area contributed by atoms with Crippen LogP contribution < -0.4 is 10.4 Å². The molecule has 2 N–H and O–H groups in total. The molecule has 0 unspecified atom stereocenters. The molecule has 0 saturated heterocycles. The summed E-state index contributed by atoms with van der Waals surface area (Å²) in [4.78, 5) is 16.4. The van der Waals surface area contributed by atoms with E-state index >= 15 is 0 Å². The molecule has 0 saturated carbocycles. The predicted octanol–water partition coefficient (Wildman–Crippen LogP) is 1.24. The van der Waals surface area contributed by atoms with E-state index in [0.29, 0.717) is 12.1 Å². The highest BCUT2D eigenvalue weighted by atomic mass is 35.5. The molecule has 1 aromatic rings. The molecule has 1 rings (SSSR count). The molecule has 0 radical (unpaired) electrons. The maximum Gasteiger partial charge on any atom is 0.252 e. The lowest BCUT2D eigenvalue weighted by atomic mass is 10.1. The fourth-order valence-corrected chi connectivity index (χ4v) is 1.30. The van der Waals surface area contributed by atoms with Crippen molar-refractivity contribution in [1.29, 1.82) is 0 Å². The van der Waals surface area contributed by atoms with Crippen LogP contribution in [-0.4, -0.2) is 4.98 Å². The van der Waals surface area contributed by atoms with Gasteiger partial charge in [-0.15, -0.1) is 0 Å². The first-order valence-electron chi connectivity index (χ1n) is 3.68. The van der Waals surface area contributed by atoms with Crippen molar-refractivity contribution in [3.8, 4) is 0 Å². The lowest BCUT2D eigenvalue weighted by Gasteiger charge is -2.03. The van der Waals surface area contributed by atoms with E-state index in [9.17, 15) is 4.79 Å². The maximum absolute atomic E-state index is 11.3. The molecule has 0 bridgehead atoms. The number of halogens is 1. The van der Waals surface area contributed by atoms with Gasteiger partial charge in [-0.25, -0.2) is 4.84 Å². The molecule has 4 heteroatoms. The van der Waals surface area contributed by atoms with E-state index in [1.54, 1.807) is 0 Å². The molecule has 3 nitrogen and oxygen atoms in total. The molecule has 1 aromatic heterocycles. The topological polar surface area (TPSA) is 44.9 Å². The van der Waals surface area contributed by atoms with E-state index in [1.165, 1.54) is 0 Å². The van der Waals surface area contributed by atoms with Crippen molar-refractivity contribution in [3.05, 3.63) is 33.2 Å². The van der Waals surface area contributed by atoms with Crippen LogP contribution in [-0.2, 0) is 6.54 Å². The van der Waals surface area contributed by atoms with Crippen LogP contribution in [0.4, 0.5) is 0 Å². The number of hydrogen-bond donors (Lipinski definition) is 2. The monoisotopic (exact) mass is 186 g/mol. The first-order valence-corrected chi connectivity index (χ1v) is 4.06. The van der Waals surface area contributed by atoms with Gasteiger partial charge in [0.05, 0.1) is 0 Å². The average Bonchev–Trinajstić information content (AvgIpc) is 1.96. The van der Waals surface area contributed by atoms with Crippen molar-refractivity contribution in [2.45, 2.75) is 20.4 Å². The van der Waals surface area contributed by atoms with Gasteiger partial charge in [0, 0.05) is 17.8 Å². The van der Waals surface area contributed by atoms with Crippen LogP contribution in [0, 0.1) is 13.8 Å². The number of rotatable bonds is 2. The van der Waals surface area contributed by atoms with Crippen LogP contribution in [0.5, 0.6) is 0 Å². The van der Waals surface area contributed by atoms with Gasteiger partial charge in [-0.2, -0.15) is 0 Å². The second-order valence-electron chi connectivity index (χ2n) is 2.75. The maximum atomic E-state index is 11.3. The summed E-state index contributed by atoms with van der Waals surface area (Å²) in [5, 5.41) is 0. The average molecular weight is 187 g/mol. The molecule has 0 fully saturated rings. The third-order valence-electron chi connectivity index (χ3n) is 1.74.